The van der Waals surface area contributed by atoms with Gasteiger partial charge in [0.05, 0.1) is 12.5 Å². The second kappa shape index (κ2) is 7.21. The summed E-state index contributed by atoms with van der Waals surface area (Å²) < 4.78 is 5.29. The third kappa shape index (κ3) is 3.17. The fourth-order valence-corrected chi connectivity index (χ4v) is 3.96. The molecule has 1 aromatic carbocycles. The van der Waals surface area contributed by atoms with Crippen molar-refractivity contribution in [3.63, 3.8) is 0 Å². The molecule has 3 heterocycles. The van der Waals surface area contributed by atoms with Gasteiger partial charge in [0.25, 0.3) is 0 Å². The molecule has 0 bridgehead atoms. The Morgan fingerprint density at radius 1 is 1.23 bits per heavy atom. The molecule has 26 heavy (non-hydrogen) atoms. The predicted octanol–water partition coefficient (Wildman–Crippen LogP) is 3.27. The summed E-state index contributed by atoms with van der Waals surface area (Å²) in [6.07, 6.45) is 1.74. The standard InChI is InChI=1S/C19H18N4O2S/c1-2-25-18(24)15-12-23(11-13-7-3-4-8-14(13)15)19-22-21-17(26-19)16-9-5-6-10-20-16/h3-10,15H,2,11-12H2,1H3/t15-/m0/s1. The first kappa shape index (κ1) is 16.7. The van der Waals surface area contributed by atoms with Crippen LogP contribution in [0.25, 0.3) is 10.7 Å². The van der Waals surface area contributed by atoms with Crippen LogP contribution >= 0.6 is 11.3 Å². The molecule has 132 valence electrons. The van der Waals surface area contributed by atoms with Crippen molar-refractivity contribution in [2.24, 2.45) is 0 Å². The topological polar surface area (TPSA) is 68.2 Å². The number of benzene rings is 1. The summed E-state index contributed by atoms with van der Waals surface area (Å²) in [6, 6.07) is 13.7. The Morgan fingerprint density at radius 3 is 2.88 bits per heavy atom. The maximum absolute atomic E-state index is 12.5. The van der Waals surface area contributed by atoms with E-state index in [2.05, 4.69) is 26.1 Å². The van der Waals surface area contributed by atoms with Crippen molar-refractivity contribution >= 4 is 22.4 Å². The van der Waals surface area contributed by atoms with E-state index in [1.54, 1.807) is 6.20 Å². The lowest BCUT2D eigenvalue weighted by Crippen LogP contribution is -2.37. The Bertz CT molecular complexity index is 913. The Hall–Kier alpha value is -2.80. The van der Waals surface area contributed by atoms with Gasteiger partial charge in [-0.2, -0.15) is 0 Å². The smallest absolute Gasteiger partial charge is 0.315 e. The largest absolute Gasteiger partial charge is 0.465 e. The number of carbonyl (C=O) groups is 1. The van der Waals surface area contributed by atoms with Gasteiger partial charge in [0.2, 0.25) is 5.13 Å². The summed E-state index contributed by atoms with van der Waals surface area (Å²) in [5, 5.41) is 10.2. The van der Waals surface area contributed by atoms with Crippen molar-refractivity contribution in [3.05, 3.63) is 59.8 Å². The number of ether oxygens (including phenoxy) is 1. The molecule has 1 aliphatic heterocycles. The quantitative estimate of drug-likeness (QED) is 0.660. The lowest BCUT2D eigenvalue weighted by Gasteiger charge is -2.33. The van der Waals surface area contributed by atoms with Crippen LogP contribution < -0.4 is 4.90 Å². The number of esters is 1. The Labute approximate surface area is 155 Å². The number of aromatic nitrogens is 3. The van der Waals surface area contributed by atoms with E-state index in [-0.39, 0.29) is 11.9 Å². The summed E-state index contributed by atoms with van der Waals surface area (Å²) >= 11 is 1.48. The number of nitrogens with zero attached hydrogens (tertiary/aromatic N) is 4. The van der Waals surface area contributed by atoms with Crippen LogP contribution in [0, 0.1) is 0 Å². The molecule has 0 radical (unpaired) electrons. The first-order chi connectivity index (χ1) is 12.8. The third-order valence-corrected chi connectivity index (χ3v) is 5.34. The van der Waals surface area contributed by atoms with E-state index in [1.807, 2.05) is 43.3 Å². The molecule has 0 amide bonds. The molecular formula is C19H18N4O2S. The molecule has 0 saturated carbocycles. The zero-order valence-corrected chi connectivity index (χ0v) is 15.1. The van der Waals surface area contributed by atoms with Gasteiger partial charge in [0.1, 0.15) is 5.69 Å². The Kier molecular flexibility index (Phi) is 4.62. The highest BCUT2D eigenvalue weighted by Crippen LogP contribution is 2.35. The van der Waals surface area contributed by atoms with Gasteiger partial charge < -0.3 is 9.64 Å². The van der Waals surface area contributed by atoms with Crippen molar-refractivity contribution in [1.82, 2.24) is 15.2 Å². The molecule has 1 atom stereocenters. The Balaban J connectivity index is 1.64. The number of hydrogen-bond donors (Lipinski definition) is 0. The number of pyridine rings is 1. The second-order valence-corrected chi connectivity index (χ2v) is 6.94. The molecule has 0 unspecified atom stereocenters. The van der Waals surface area contributed by atoms with Gasteiger partial charge in [-0.25, -0.2) is 0 Å². The summed E-state index contributed by atoms with van der Waals surface area (Å²) in [4.78, 5) is 18.9. The number of carbonyl (C=O) groups excluding carboxylic acids is 1. The van der Waals surface area contributed by atoms with Crippen molar-refractivity contribution in [2.45, 2.75) is 19.4 Å². The SMILES string of the molecule is CCOC(=O)[C@H]1CN(c2nnc(-c3ccccn3)s2)Cc2ccccc21. The molecule has 0 saturated heterocycles. The summed E-state index contributed by atoms with van der Waals surface area (Å²) in [5.41, 5.74) is 2.96. The first-order valence-corrected chi connectivity index (χ1v) is 9.32. The minimum Gasteiger partial charge on any atom is -0.465 e. The van der Waals surface area contributed by atoms with E-state index in [0.717, 1.165) is 27.0 Å². The minimum atomic E-state index is -0.317. The fraction of sp³-hybridized carbons (Fsp3) is 0.263. The highest BCUT2D eigenvalue weighted by molar-refractivity contribution is 7.18. The summed E-state index contributed by atoms with van der Waals surface area (Å²) in [7, 11) is 0. The van der Waals surface area contributed by atoms with Crippen LogP contribution in [0.3, 0.4) is 0 Å². The van der Waals surface area contributed by atoms with Crippen LogP contribution in [0.15, 0.2) is 48.7 Å². The van der Waals surface area contributed by atoms with Crippen LogP contribution in [-0.4, -0.2) is 34.3 Å². The lowest BCUT2D eigenvalue weighted by atomic mass is 9.90. The summed E-state index contributed by atoms with van der Waals surface area (Å²) in [6.45, 7) is 3.43. The molecule has 7 heteroatoms. The highest BCUT2D eigenvalue weighted by Gasteiger charge is 2.32. The molecule has 0 fully saturated rings. The van der Waals surface area contributed by atoms with Gasteiger partial charge in [0.15, 0.2) is 5.01 Å². The second-order valence-electron chi connectivity index (χ2n) is 5.99. The maximum Gasteiger partial charge on any atom is 0.315 e. The lowest BCUT2D eigenvalue weighted by molar-refractivity contribution is -0.144. The molecule has 3 aromatic rings. The zero-order chi connectivity index (χ0) is 17.9. The van der Waals surface area contributed by atoms with Crippen LogP contribution in [0.5, 0.6) is 0 Å². The molecule has 2 aromatic heterocycles. The number of hydrogen-bond acceptors (Lipinski definition) is 7. The van der Waals surface area contributed by atoms with E-state index >= 15 is 0 Å². The van der Waals surface area contributed by atoms with Gasteiger partial charge >= 0.3 is 5.97 Å². The number of anilines is 1. The average molecular weight is 366 g/mol. The van der Waals surface area contributed by atoms with Crippen molar-refractivity contribution in [2.75, 3.05) is 18.1 Å². The highest BCUT2D eigenvalue weighted by atomic mass is 32.1. The normalized spacial score (nSPS) is 16.2. The zero-order valence-electron chi connectivity index (χ0n) is 14.3. The summed E-state index contributed by atoms with van der Waals surface area (Å²) in [5.74, 6) is -0.513. The molecular weight excluding hydrogens is 348 g/mol. The van der Waals surface area contributed by atoms with E-state index in [4.69, 9.17) is 4.74 Å². The van der Waals surface area contributed by atoms with Gasteiger partial charge in [-0.05, 0) is 30.2 Å². The van der Waals surface area contributed by atoms with Gasteiger partial charge in [-0.3, -0.25) is 9.78 Å². The molecule has 6 nitrogen and oxygen atoms in total. The third-order valence-electron chi connectivity index (χ3n) is 4.33. The van der Waals surface area contributed by atoms with E-state index in [1.165, 1.54) is 11.3 Å². The first-order valence-electron chi connectivity index (χ1n) is 8.50. The van der Waals surface area contributed by atoms with Crippen molar-refractivity contribution in [3.8, 4) is 10.7 Å². The van der Waals surface area contributed by atoms with Crippen LogP contribution in [0.2, 0.25) is 0 Å². The van der Waals surface area contributed by atoms with E-state index in [9.17, 15) is 4.79 Å². The van der Waals surface area contributed by atoms with Crippen LogP contribution in [0.4, 0.5) is 5.13 Å². The number of fused-ring (bicyclic) bond motifs is 1. The van der Waals surface area contributed by atoms with Crippen molar-refractivity contribution in [1.29, 1.82) is 0 Å². The van der Waals surface area contributed by atoms with Gasteiger partial charge in [-0.15, -0.1) is 10.2 Å². The predicted molar refractivity (Wildman–Crippen MR) is 100 cm³/mol. The minimum absolute atomic E-state index is 0.195. The monoisotopic (exact) mass is 366 g/mol. The molecule has 1 aliphatic rings. The number of rotatable bonds is 4. The molecule has 0 N–H and O–H groups in total. The van der Waals surface area contributed by atoms with Crippen molar-refractivity contribution < 1.29 is 9.53 Å². The van der Waals surface area contributed by atoms with E-state index in [0.29, 0.717) is 19.7 Å². The van der Waals surface area contributed by atoms with Gasteiger partial charge in [0, 0.05) is 19.3 Å². The average Bonchev–Trinajstić information content (AvgIpc) is 3.18. The Morgan fingerprint density at radius 2 is 2.08 bits per heavy atom. The van der Waals surface area contributed by atoms with Gasteiger partial charge in [-0.1, -0.05) is 41.7 Å². The fourth-order valence-electron chi connectivity index (χ4n) is 3.13. The molecule has 0 aliphatic carbocycles. The van der Waals surface area contributed by atoms with Crippen LogP contribution in [-0.2, 0) is 16.1 Å². The maximum atomic E-state index is 12.5. The van der Waals surface area contributed by atoms with Crippen LogP contribution in [0.1, 0.15) is 24.0 Å². The van der Waals surface area contributed by atoms with E-state index < -0.39 is 0 Å². The molecule has 4 rings (SSSR count). The molecule has 0 spiro atoms.